The highest BCUT2D eigenvalue weighted by Crippen LogP contribution is 2.40. The lowest BCUT2D eigenvalue weighted by atomic mass is 10.0. The van der Waals surface area contributed by atoms with Crippen LogP contribution >= 0.6 is 0 Å². The number of alkyl halides is 3. The number of halogens is 3. The smallest absolute Gasteiger partial charge is 0.418 e. The molecular formula is C35H30F3N3O6. The first-order chi connectivity index (χ1) is 22.6. The molecule has 1 aromatic heterocycles. The van der Waals surface area contributed by atoms with Gasteiger partial charge >= 0.3 is 12.1 Å². The number of carbonyl (C=O) groups excluding carboxylic acids is 2. The first kappa shape index (κ1) is 32.6. The first-order valence-electron chi connectivity index (χ1n) is 14.5. The number of rotatable bonds is 11. The molecule has 0 aliphatic rings. The molecule has 2 N–H and O–H groups in total. The molecule has 0 radical (unpaired) electrons. The molecular weight excluding hydrogens is 615 g/mol. The molecule has 0 unspecified atom stereocenters. The molecule has 5 rings (SSSR count). The number of hydrogen-bond acceptors (Lipinski definition) is 7. The molecule has 47 heavy (non-hydrogen) atoms. The Morgan fingerprint density at radius 2 is 1.57 bits per heavy atom. The van der Waals surface area contributed by atoms with E-state index in [1.54, 1.807) is 48.5 Å². The van der Waals surface area contributed by atoms with Crippen molar-refractivity contribution in [1.82, 2.24) is 10.4 Å². The van der Waals surface area contributed by atoms with Crippen molar-refractivity contribution in [2.45, 2.75) is 20.0 Å². The molecule has 0 atom stereocenters. The van der Waals surface area contributed by atoms with Gasteiger partial charge in [-0.15, -0.1) is 0 Å². The number of H-pyrrole nitrogens is 1. The highest BCUT2D eigenvalue weighted by Gasteiger charge is 2.34. The third-order valence-electron chi connectivity index (χ3n) is 6.98. The number of nitrogens with one attached hydrogen (secondary N) is 2. The monoisotopic (exact) mass is 645 g/mol. The molecule has 9 nitrogen and oxygen atoms in total. The fraction of sp³-hybridized carbons (Fsp3) is 0.171. The van der Waals surface area contributed by atoms with Crippen LogP contribution in [0.15, 0.2) is 90.0 Å². The maximum atomic E-state index is 13.8. The highest BCUT2D eigenvalue weighted by molar-refractivity contribution is 6.10. The number of esters is 1. The second-order valence-corrected chi connectivity index (χ2v) is 9.99. The van der Waals surface area contributed by atoms with E-state index in [2.05, 4.69) is 15.5 Å². The highest BCUT2D eigenvalue weighted by atomic mass is 19.4. The largest absolute Gasteiger partial charge is 0.493 e. The zero-order valence-corrected chi connectivity index (χ0v) is 25.6. The fourth-order valence-electron chi connectivity index (χ4n) is 4.94. The molecule has 0 bridgehead atoms. The Morgan fingerprint density at radius 3 is 2.28 bits per heavy atom. The summed E-state index contributed by atoms with van der Waals surface area (Å²) < 4.78 is 63.5. The number of benzene rings is 4. The zero-order valence-electron chi connectivity index (χ0n) is 25.6. The second-order valence-electron chi connectivity index (χ2n) is 9.99. The maximum Gasteiger partial charge on any atom is 0.418 e. The summed E-state index contributed by atoms with van der Waals surface area (Å²) in [5.41, 5.74) is 2.78. The second kappa shape index (κ2) is 14.1. The van der Waals surface area contributed by atoms with Crippen LogP contribution < -0.4 is 24.4 Å². The van der Waals surface area contributed by atoms with E-state index in [1.165, 1.54) is 43.7 Å². The first-order valence-corrected chi connectivity index (χ1v) is 14.5. The van der Waals surface area contributed by atoms with Gasteiger partial charge in [0.05, 0.1) is 43.2 Å². The van der Waals surface area contributed by atoms with Crippen LogP contribution in [0.25, 0.3) is 22.0 Å². The SMILES string of the molecule is CCOc1ccc(C(=O)Oc2ccc(C=NNC(=O)c3[nH]c4c(C(F)(F)F)cccc4c3-c3ccccc3)cc2OC)cc1OCC. The lowest BCUT2D eigenvalue weighted by Crippen LogP contribution is -2.19. The molecule has 5 aromatic rings. The zero-order chi connectivity index (χ0) is 33.6. The molecule has 0 aliphatic carbocycles. The van der Waals surface area contributed by atoms with Crippen LogP contribution in [0.5, 0.6) is 23.0 Å². The summed E-state index contributed by atoms with van der Waals surface area (Å²) >= 11 is 0. The number of amides is 1. The van der Waals surface area contributed by atoms with Crippen LogP contribution in [0.3, 0.4) is 0 Å². The van der Waals surface area contributed by atoms with Gasteiger partial charge in [-0.3, -0.25) is 4.79 Å². The summed E-state index contributed by atoms with van der Waals surface area (Å²) in [6, 6.07) is 21.8. The minimum Gasteiger partial charge on any atom is -0.493 e. The quantitative estimate of drug-likeness (QED) is 0.0661. The standard InChI is InChI=1S/C35H30F3N3O6/c1-4-45-26-17-15-23(19-29(26)46-5-2)34(43)47-27-16-14-21(18-28(27)44-3)20-39-41-33(42)32-30(22-10-7-6-8-11-22)24-12-9-13-25(31(24)40-32)35(36,37)38/h6-20,40H,4-5H2,1-3H3,(H,41,42). The van der Waals surface area contributed by atoms with Crippen molar-refractivity contribution in [3.05, 3.63) is 107 Å². The van der Waals surface area contributed by atoms with Gasteiger partial charge in [-0.1, -0.05) is 42.5 Å². The number of nitrogens with zero attached hydrogens (tertiary/aromatic N) is 1. The summed E-state index contributed by atoms with van der Waals surface area (Å²) in [4.78, 5) is 28.9. The van der Waals surface area contributed by atoms with E-state index in [0.717, 1.165) is 6.07 Å². The van der Waals surface area contributed by atoms with Gasteiger partial charge in [0.25, 0.3) is 5.91 Å². The summed E-state index contributed by atoms with van der Waals surface area (Å²) in [6.07, 6.45) is -3.32. The Balaban J connectivity index is 1.36. The van der Waals surface area contributed by atoms with Gasteiger partial charge in [-0.25, -0.2) is 10.2 Å². The van der Waals surface area contributed by atoms with Gasteiger partial charge in [0.2, 0.25) is 0 Å². The van der Waals surface area contributed by atoms with Gasteiger partial charge in [0, 0.05) is 10.9 Å². The van der Waals surface area contributed by atoms with Crippen molar-refractivity contribution in [3.63, 3.8) is 0 Å². The van der Waals surface area contributed by atoms with Crippen LogP contribution in [-0.4, -0.2) is 43.4 Å². The van der Waals surface area contributed by atoms with E-state index in [9.17, 15) is 22.8 Å². The van der Waals surface area contributed by atoms with Gasteiger partial charge in [0.15, 0.2) is 23.0 Å². The minimum atomic E-state index is -4.63. The van der Waals surface area contributed by atoms with E-state index < -0.39 is 23.6 Å². The Kier molecular flexibility index (Phi) is 9.79. The van der Waals surface area contributed by atoms with E-state index in [0.29, 0.717) is 41.4 Å². The molecule has 0 spiro atoms. The van der Waals surface area contributed by atoms with Crippen LogP contribution in [0.1, 0.15) is 45.8 Å². The lowest BCUT2D eigenvalue weighted by Gasteiger charge is -2.13. The number of ether oxygens (including phenoxy) is 4. The van der Waals surface area contributed by atoms with Crippen molar-refractivity contribution in [3.8, 4) is 34.1 Å². The minimum absolute atomic E-state index is 0.0818. The number of fused-ring (bicyclic) bond motifs is 1. The molecule has 242 valence electrons. The van der Waals surface area contributed by atoms with Crippen LogP contribution in [0.4, 0.5) is 13.2 Å². The number of hydrogen-bond donors (Lipinski definition) is 2. The molecule has 0 saturated heterocycles. The molecule has 1 heterocycles. The third-order valence-corrected chi connectivity index (χ3v) is 6.98. The number of carbonyl (C=O) groups is 2. The van der Waals surface area contributed by atoms with Crippen molar-refractivity contribution in [2.24, 2.45) is 5.10 Å². The number of para-hydroxylation sites is 1. The third kappa shape index (κ3) is 7.22. The van der Waals surface area contributed by atoms with Crippen molar-refractivity contribution < 1.29 is 41.7 Å². The summed E-state index contributed by atoms with van der Waals surface area (Å²) in [6.45, 7) is 4.47. The summed E-state index contributed by atoms with van der Waals surface area (Å²) in [7, 11) is 1.40. The van der Waals surface area contributed by atoms with E-state index in [-0.39, 0.29) is 33.7 Å². The average Bonchev–Trinajstić information content (AvgIpc) is 3.46. The fourth-order valence-corrected chi connectivity index (χ4v) is 4.94. The number of methoxy groups -OCH3 is 1. The Labute approximate surface area is 267 Å². The molecule has 4 aromatic carbocycles. The van der Waals surface area contributed by atoms with E-state index in [4.69, 9.17) is 18.9 Å². The van der Waals surface area contributed by atoms with Gasteiger partial charge < -0.3 is 23.9 Å². The van der Waals surface area contributed by atoms with E-state index in [1.807, 2.05) is 13.8 Å². The number of hydrazone groups is 1. The number of aromatic amines is 1. The van der Waals surface area contributed by atoms with Gasteiger partial charge in [-0.2, -0.15) is 18.3 Å². The number of aromatic nitrogens is 1. The predicted octanol–water partition coefficient (Wildman–Crippen LogP) is 7.64. The average molecular weight is 646 g/mol. The molecule has 1 amide bonds. The summed E-state index contributed by atoms with van der Waals surface area (Å²) in [5, 5.41) is 4.25. The predicted molar refractivity (Wildman–Crippen MR) is 171 cm³/mol. The van der Waals surface area contributed by atoms with Crippen molar-refractivity contribution >= 4 is 29.0 Å². The Morgan fingerprint density at radius 1 is 0.851 bits per heavy atom. The van der Waals surface area contributed by atoms with Gasteiger partial charge in [0.1, 0.15) is 5.69 Å². The van der Waals surface area contributed by atoms with Crippen molar-refractivity contribution in [1.29, 1.82) is 0 Å². The van der Waals surface area contributed by atoms with E-state index >= 15 is 0 Å². The molecule has 12 heteroatoms. The normalized spacial score (nSPS) is 11.4. The molecule has 0 fully saturated rings. The summed E-state index contributed by atoms with van der Waals surface area (Å²) in [5.74, 6) is -0.131. The maximum absolute atomic E-state index is 13.8. The Hall–Kier alpha value is -5.78. The van der Waals surface area contributed by atoms with Gasteiger partial charge in [-0.05, 0) is 67.4 Å². The van der Waals surface area contributed by atoms with Crippen LogP contribution in [0, 0.1) is 0 Å². The van der Waals surface area contributed by atoms with Crippen molar-refractivity contribution in [2.75, 3.05) is 20.3 Å². The molecule has 0 aliphatic heterocycles. The lowest BCUT2D eigenvalue weighted by molar-refractivity contribution is -0.136. The topological polar surface area (TPSA) is 111 Å². The van der Waals surface area contributed by atoms with Crippen LogP contribution in [0.2, 0.25) is 0 Å². The molecule has 0 saturated carbocycles. The Bertz CT molecular complexity index is 1940. The van der Waals surface area contributed by atoms with Crippen LogP contribution in [-0.2, 0) is 6.18 Å².